The summed E-state index contributed by atoms with van der Waals surface area (Å²) >= 11 is 0. The average molecular weight is 260 g/mol. The van der Waals surface area contributed by atoms with Crippen LogP contribution in [0.1, 0.15) is 56.3 Å². The van der Waals surface area contributed by atoms with Gasteiger partial charge in [-0.3, -0.25) is 0 Å². The molecule has 5 nitrogen and oxygen atoms in total. The number of imidazole rings is 1. The van der Waals surface area contributed by atoms with Crippen molar-refractivity contribution in [2.75, 3.05) is 13.2 Å². The zero-order chi connectivity index (χ0) is 12.7. The van der Waals surface area contributed by atoms with Crippen molar-refractivity contribution >= 4 is 11.2 Å². The number of aromatic amines is 1. The first kappa shape index (κ1) is 11.5. The van der Waals surface area contributed by atoms with Crippen LogP contribution in [0.3, 0.4) is 0 Å². The van der Waals surface area contributed by atoms with E-state index in [4.69, 9.17) is 9.72 Å². The molecular weight excluding hydrogens is 240 g/mol. The lowest BCUT2D eigenvalue weighted by Gasteiger charge is -2.21. The van der Waals surface area contributed by atoms with E-state index in [0.29, 0.717) is 12.0 Å². The number of nitrogens with one attached hydrogen (secondary N) is 1. The smallest absolute Gasteiger partial charge is 0.176 e. The highest BCUT2D eigenvalue weighted by Crippen LogP contribution is 2.31. The van der Waals surface area contributed by atoms with Crippen LogP contribution in [0.4, 0.5) is 0 Å². The molecule has 1 N–H and O–H groups in total. The van der Waals surface area contributed by atoms with Crippen LogP contribution in [0.25, 0.3) is 11.2 Å². The van der Waals surface area contributed by atoms with Gasteiger partial charge in [-0.25, -0.2) is 9.67 Å². The maximum absolute atomic E-state index is 5.45. The molecule has 0 spiro atoms. The first-order chi connectivity index (χ1) is 9.42. The van der Waals surface area contributed by atoms with Crippen LogP contribution in [-0.4, -0.2) is 33.0 Å². The number of aromatic nitrogens is 4. The summed E-state index contributed by atoms with van der Waals surface area (Å²) in [7, 11) is 0. The van der Waals surface area contributed by atoms with Crippen molar-refractivity contribution in [1.82, 2.24) is 19.7 Å². The van der Waals surface area contributed by atoms with Gasteiger partial charge in [0, 0.05) is 12.5 Å². The van der Waals surface area contributed by atoms with Gasteiger partial charge in [0.15, 0.2) is 5.65 Å². The molecule has 2 fully saturated rings. The van der Waals surface area contributed by atoms with Gasteiger partial charge in [0.05, 0.1) is 18.8 Å². The molecule has 5 heteroatoms. The van der Waals surface area contributed by atoms with Crippen LogP contribution in [0.5, 0.6) is 0 Å². The molecular formula is C14H20N4O. The molecule has 1 aliphatic carbocycles. The lowest BCUT2D eigenvalue weighted by Crippen LogP contribution is -2.14. The van der Waals surface area contributed by atoms with E-state index in [0.717, 1.165) is 36.6 Å². The minimum Gasteiger partial charge on any atom is -0.381 e. The Bertz CT molecular complexity index is 561. The van der Waals surface area contributed by atoms with Crippen molar-refractivity contribution < 1.29 is 4.74 Å². The number of rotatable bonds is 2. The maximum atomic E-state index is 5.45. The van der Waals surface area contributed by atoms with Crippen molar-refractivity contribution in [3.8, 4) is 0 Å². The highest BCUT2D eigenvalue weighted by molar-refractivity contribution is 5.70. The molecule has 1 aliphatic heterocycles. The average Bonchev–Trinajstić information content (AvgIpc) is 3.15. The molecule has 1 unspecified atom stereocenters. The second-order valence-corrected chi connectivity index (χ2v) is 5.80. The Kier molecular flexibility index (Phi) is 2.80. The van der Waals surface area contributed by atoms with Gasteiger partial charge < -0.3 is 9.72 Å². The van der Waals surface area contributed by atoms with Crippen LogP contribution in [0, 0.1) is 0 Å². The third-order valence-corrected chi connectivity index (χ3v) is 4.50. The summed E-state index contributed by atoms with van der Waals surface area (Å²) in [6.45, 7) is 1.66. The monoisotopic (exact) mass is 260 g/mol. The maximum Gasteiger partial charge on any atom is 0.176 e. The molecule has 1 saturated carbocycles. The summed E-state index contributed by atoms with van der Waals surface area (Å²) in [5.74, 6) is 1.52. The second kappa shape index (κ2) is 4.63. The van der Waals surface area contributed by atoms with Crippen LogP contribution < -0.4 is 0 Å². The highest BCUT2D eigenvalue weighted by atomic mass is 16.5. The lowest BCUT2D eigenvalue weighted by molar-refractivity contribution is 0.193. The topological polar surface area (TPSA) is 55.7 Å². The van der Waals surface area contributed by atoms with Crippen LogP contribution >= 0.6 is 0 Å². The molecule has 0 amide bonds. The largest absolute Gasteiger partial charge is 0.381 e. The van der Waals surface area contributed by atoms with Gasteiger partial charge in [-0.1, -0.05) is 19.3 Å². The fourth-order valence-electron chi connectivity index (χ4n) is 3.37. The Hall–Kier alpha value is -1.36. The van der Waals surface area contributed by atoms with Gasteiger partial charge in [-0.05, 0) is 19.3 Å². The molecule has 1 saturated heterocycles. The van der Waals surface area contributed by atoms with E-state index in [2.05, 4.69) is 14.8 Å². The summed E-state index contributed by atoms with van der Waals surface area (Å²) in [6, 6.07) is 0.544. The third kappa shape index (κ3) is 1.96. The first-order valence-corrected chi connectivity index (χ1v) is 7.42. The van der Waals surface area contributed by atoms with E-state index >= 15 is 0 Å². The number of nitrogens with zero attached hydrogens (tertiary/aromatic N) is 3. The first-order valence-electron chi connectivity index (χ1n) is 7.42. The fourth-order valence-corrected chi connectivity index (χ4v) is 3.37. The number of hydrogen-bond donors (Lipinski definition) is 1. The number of fused-ring (bicyclic) bond motifs is 1. The van der Waals surface area contributed by atoms with E-state index in [9.17, 15) is 0 Å². The molecule has 4 rings (SSSR count). The summed E-state index contributed by atoms with van der Waals surface area (Å²) in [4.78, 5) is 8.22. The molecule has 2 aromatic heterocycles. The van der Waals surface area contributed by atoms with Gasteiger partial charge in [0.2, 0.25) is 0 Å². The molecule has 0 radical (unpaired) electrons. The summed E-state index contributed by atoms with van der Waals surface area (Å²) in [5.41, 5.74) is 2.11. The van der Waals surface area contributed by atoms with Gasteiger partial charge in [0.25, 0.3) is 0 Å². The van der Waals surface area contributed by atoms with E-state index < -0.39 is 0 Å². The molecule has 1 atom stereocenters. The Morgan fingerprint density at radius 3 is 2.89 bits per heavy atom. The quantitative estimate of drug-likeness (QED) is 0.903. The standard InChI is InChI=1S/C14H20N4O/c1-2-4-11(5-3-1)18-14-12(8-15-18)16-13(17-14)10-6-7-19-9-10/h8,10-11H,1-7,9H2,(H,16,17). The Labute approximate surface area is 112 Å². The summed E-state index contributed by atoms with van der Waals surface area (Å²) in [5, 5.41) is 4.54. The minimum absolute atomic E-state index is 0.437. The molecule has 2 aliphatic rings. The zero-order valence-corrected chi connectivity index (χ0v) is 11.1. The summed E-state index contributed by atoms with van der Waals surface area (Å²) in [6.07, 6.45) is 9.49. The van der Waals surface area contributed by atoms with Crippen molar-refractivity contribution in [1.29, 1.82) is 0 Å². The van der Waals surface area contributed by atoms with E-state index in [-0.39, 0.29) is 0 Å². The van der Waals surface area contributed by atoms with Gasteiger partial charge in [-0.15, -0.1) is 0 Å². The Morgan fingerprint density at radius 1 is 1.21 bits per heavy atom. The van der Waals surface area contributed by atoms with E-state index in [1.807, 2.05) is 6.20 Å². The van der Waals surface area contributed by atoms with E-state index in [1.54, 1.807) is 0 Å². The normalized spacial score (nSPS) is 25.4. The summed E-state index contributed by atoms with van der Waals surface area (Å²) < 4.78 is 7.59. The number of hydrogen-bond acceptors (Lipinski definition) is 3. The minimum atomic E-state index is 0.437. The molecule has 3 heterocycles. The fraction of sp³-hybridized carbons (Fsp3) is 0.714. The number of H-pyrrole nitrogens is 1. The van der Waals surface area contributed by atoms with Gasteiger partial charge in [0.1, 0.15) is 11.3 Å². The highest BCUT2D eigenvalue weighted by Gasteiger charge is 2.24. The molecule has 2 aromatic rings. The zero-order valence-electron chi connectivity index (χ0n) is 11.1. The van der Waals surface area contributed by atoms with E-state index in [1.165, 1.54) is 32.1 Å². The lowest BCUT2D eigenvalue weighted by atomic mass is 9.96. The molecule has 0 bridgehead atoms. The van der Waals surface area contributed by atoms with Crippen molar-refractivity contribution in [2.45, 2.75) is 50.5 Å². The predicted octanol–water partition coefficient (Wildman–Crippen LogP) is 2.77. The number of ether oxygens (including phenoxy) is 1. The molecule has 0 aromatic carbocycles. The molecule has 19 heavy (non-hydrogen) atoms. The SMILES string of the molecule is c1nn(C2CCCCC2)c2nc(C3CCOC3)[nH]c12. The van der Waals surface area contributed by atoms with Crippen molar-refractivity contribution in [3.63, 3.8) is 0 Å². The van der Waals surface area contributed by atoms with Crippen LogP contribution in [0.2, 0.25) is 0 Å². The van der Waals surface area contributed by atoms with Crippen LogP contribution in [-0.2, 0) is 4.74 Å². The van der Waals surface area contributed by atoms with Gasteiger partial charge >= 0.3 is 0 Å². The Morgan fingerprint density at radius 2 is 2.11 bits per heavy atom. The molecule has 102 valence electrons. The van der Waals surface area contributed by atoms with Crippen molar-refractivity contribution in [2.24, 2.45) is 0 Å². The predicted molar refractivity (Wildman–Crippen MR) is 72.2 cm³/mol. The van der Waals surface area contributed by atoms with Crippen LogP contribution in [0.15, 0.2) is 6.20 Å². The van der Waals surface area contributed by atoms with Crippen molar-refractivity contribution in [3.05, 3.63) is 12.0 Å². The second-order valence-electron chi connectivity index (χ2n) is 5.80. The third-order valence-electron chi connectivity index (χ3n) is 4.50. The van der Waals surface area contributed by atoms with Gasteiger partial charge in [-0.2, -0.15) is 5.10 Å². The Balaban J connectivity index is 1.67.